The van der Waals surface area contributed by atoms with Crippen LogP contribution in [-0.2, 0) is 35.6 Å². The van der Waals surface area contributed by atoms with Gasteiger partial charge >= 0.3 is 6.09 Å². The number of amides is 2. The van der Waals surface area contributed by atoms with Crippen LogP contribution in [0.1, 0.15) is 22.3 Å². The van der Waals surface area contributed by atoms with E-state index in [1.165, 1.54) is 0 Å². The molecule has 1 heterocycles. The minimum Gasteiger partial charge on any atom is -0.445 e. The number of alkyl carbamates (subject to hydrolysis) is 1. The van der Waals surface area contributed by atoms with Gasteiger partial charge in [0.25, 0.3) is 0 Å². The van der Waals surface area contributed by atoms with E-state index < -0.39 is 12.1 Å². The molecule has 1 aromatic heterocycles. The van der Waals surface area contributed by atoms with Crippen molar-refractivity contribution < 1.29 is 14.3 Å². The van der Waals surface area contributed by atoms with Crippen LogP contribution in [0.2, 0.25) is 0 Å². The second kappa shape index (κ2) is 14.8. The van der Waals surface area contributed by atoms with Crippen molar-refractivity contribution in [3.8, 4) is 0 Å². The summed E-state index contributed by atoms with van der Waals surface area (Å²) < 4.78 is 5.19. The minimum absolute atomic E-state index is 0. The van der Waals surface area contributed by atoms with Crippen molar-refractivity contribution in [3.63, 3.8) is 0 Å². The Bertz CT molecular complexity index is 974. The molecule has 176 valence electrons. The molecule has 1 atom stereocenters. The molecular weight excluding hydrogens is 463 g/mol. The molecule has 33 heavy (non-hydrogen) atoms. The highest BCUT2D eigenvalue weighted by Crippen LogP contribution is 2.06. The molecule has 9 heteroatoms. The van der Waals surface area contributed by atoms with Gasteiger partial charge < -0.3 is 21.1 Å². The highest BCUT2D eigenvalue weighted by Gasteiger charge is 2.13. The number of halogens is 2. The molecule has 0 saturated heterocycles. The molecular formula is C24H28Cl2N4O3. The highest BCUT2D eigenvalue weighted by atomic mass is 35.5. The van der Waals surface area contributed by atoms with Crippen LogP contribution in [0, 0.1) is 0 Å². The lowest BCUT2D eigenvalue weighted by Crippen LogP contribution is -2.41. The third-order valence-electron chi connectivity index (χ3n) is 4.65. The van der Waals surface area contributed by atoms with Gasteiger partial charge in [-0.15, -0.1) is 24.8 Å². The zero-order valence-corrected chi connectivity index (χ0v) is 19.6. The maximum absolute atomic E-state index is 12.2. The molecule has 2 amide bonds. The molecule has 0 spiro atoms. The average Bonchev–Trinajstić information content (AvgIpc) is 2.81. The van der Waals surface area contributed by atoms with E-state index in [0.29, 0.717) is 19.5 Å². The van der Waals surface area contributed by atoms with Gasteiger partial charge in [-0.1, -0.05) is 60.7 Å². The maximum Gasteiger partial charge on any atom is 0.407 e. The van der Waals surface area contributed by atoms with Crippen LogP contribution >= 0.6 is 24.8 Å². The highest BCUT2D eigenvalue weighted by molar-refractivity contribution is 5.85. The van der Waals surface area contributed by atoms with E-state index in [0.717, 1.165) is 22.3 Å². The molecule has 0 bridgehead atoms. The molecule has 2 aromatic carbocycles. The first kappa shape index (κ1) is 27.9. The summed E-state index contributed by atoms with van der Waals surface area (Å²) in [6, 6.07) is 20.2. The minimum atomic E-state index is -0.630. The third kappa shape index (κ3) is 9.91. The van der Waals surface area contributed by atoms with Gasteiger partial charge in [0.05, 0.1) is 6.04 Å². The number of rotatable bonds is 9. The number of ether oxygens (including phenoxy) is 1. The number of nitrogens with two attached hydrogens (primary N) is 1. The fraction of sp³-hybridized carbons (Fsp3) is 0.208. The molecule has 4 N–H and O–H groups in total. The van der Waals surface area contributed by atoms with Crippen molar-refractivity contribution in [1.29, 1.82) is 0 Å². The van der Waals surface area contributed by atoms with Crippen molar-refractivity contribution in [3.05, 3.63) is 101 Å². The number of aromatic nitrogens is 1. The Morgan fingerprint density at radius 2 is 1.42 bits per heavy atom. The van der Waals surface area contributed by atoms with Gasteiger partial charge in [-0.25, -0.2) is 4.79 Å². The summed E-state index contributed by atoms with van der Waals surface area (Å²) in [5.41, 5.74) is 9.70. The van der Waals surface area contributed by atoms with Gasteiger partial charge in [-0.2, -0.15) is 0 Å². The Hall–Kier alpha value is -3.13. The van der Waals surface area contributed by atoms with Crippen LogP contribution < -0.4 is 16.4 Å². The smallest absolute Gasteiger partial charge is 0.407 e. The van der Waals surface area contributed by atoms with Crippen molar-refractivity contribution >= 4 is 36.8 Å². The number of hydrogen-bond donors (Lipinski definition) is 3. The second-order valence-electron chi connectivity index (χ2n) is 7.12. The lowest BCUT2D eigenvalue weighted by atomic mass is 10.1. The van der Waals surface area contributed by atoms with E-state index in [4.69, 9.17) is 10.5 Å². The first-order chi connectivity index (χ1) is 15.1. The summed E-state index contributed by atoms with van der Waals surface area (Å²) in [5, 5.41) is 5.57. The third-order valence-corrected chi connectivity index (χ3v) is 4.65. The fourth-order valence-corrected chi connectivity index (χ4v) is 2.91. The van der Waals surface area contributed by atoms with Gasteiger partial charge in [0.1, 0.15) is 6.61 Å². The summed E-state index contributed by atoms with van der Waals surface area (Å²) in [7, 11) is 0. The molecule has 3 rings (SSSR count). The van der Waals surface area contributed by atoms with E-state index in [1.54, 1.807) is 12.4 Å². The molecule has 0 radical (unpaired) electrons. The normalized spacial score (nSPS) is 10.7. The molecule has 7 nitrogen and oxygen atoms in total. The lowest BCUT2D eigenvalue weighted by molar-refractivity contribution is -0.122. The monoisotopic (exact) mass is 490 g/mol. The van der Waals surface area contributed by atoms with Crippen LogP contribution in [-0.4, -0.2) is 23.0 Å². The number of benzene rings is 2. The zero-order chi connectivity index (χ0) is 21.9. The second-order valence-corrected chi connectivity index (χ2v) is 7.12. The van der Waals surface area contributed by atoms with Crippen LogP contribution in [0.15, 0.2) is 79.1 Å². The molecule has 0 aliphatic heterocycles. The maximum atomic E-state index is 12.2. The number of nitrogens with one attached hydrogen (secondary N) is 2. The molecule has 0 fully saturated rings. The van der Waals surface area contributed by atoms with Crippen LogP contribution in [0.4, 0.5) is 4.79 Å². The Kier molecular flexibility index (Phi) is 12.5. The van der Waals surface area contributed by atoms with Gasteiger partial charge in [0.2, 0.25) is 5.91 Å². The molecule has 0 aliphatic carbocycles. The average molecular weight is 491 g/mol. The Balaban J connectivity index is 0.00000272. The number of carbonyl (C=O) groups excluding carboxylic acids is 2. The van der Waals surface area contributed by atoms with E-state index in [9.17, 15) is 9.59 Å². The van der Waals surface area contributed by atoms with Crippen molar-refractivity contribution in [1.82, 2.24) is 15.6 Å². The predicted octanol–water partition coefficient (Wildman–Crippen LogP) is 3.54. The topological polar surface area (TPSA) is 106 Å². The van der Waals surface area contributed by atoms with Gasteiger partial charge in [-0.05, 0) is 34.7 Å². The van der Waals surface area contributed by atoms with Crippen LogP contribution in [0.25, 0.3) is 0 Å². The predicted molar refractivity (Wildman–Crippen MR) is 132 cm³/mol. The first-order valence-electron chi connectivity index (χ1n) is 10.0. The van der Waals surface area contributed by atoms with Crippen molar-refractivity contribution in [2.75, 3.05) is 0 Å². The summed E-state index contributed by atoms with van der Waals surface area (Å²) in [4.78, 5) is 28.1. The molecule has 0 saturated carbocycles. The van der Waals surface area contributed by atoms with Gasteiger partial charge in [0, 0.05) is 25.5 Å². The molecule has 0 aliphatic rings. The Morgan fingerprint density at radius 3 is 2.03 bits per heavy atom. The SMILES string of the molecule is Cl.Cl.NC(Cc1cccnc1)C(=O)NCc1ccc(CNC(=O)OCc2ccccc2)cc1. The Morgan fingerprint density at radius 1 is 0.818 bits per heavy atom. The van der Waals surface area contributed by atoms with Crippen molar-refractivity contribution in [2.45, 2.75) is 32.2 Å². The summed E-state index contributed by atoms with van der Waals surface area (Å²) in [6.07, 6.45) is 3.35. The summed E-state index contributed by atoms with van der Waals surface area (Å²) >= 11 is 0. The number of hydrogen-bond acceptors (Lipinski definition) is 5. The van der Waals surface area contributed by atoms with E-state index >= 15 is 0 Å². The largest absolute Gasteiger partial charge is 0.445 e. The molecule has 1 unspecified atom stereocenters. The van der Waals surface area contributed by atoms with E-state index in [-0.39, 0.29) is 37.3 Å². The lowest BCUT2D eigenvalue weighted by Gasteiger charge is -2.12. The quantitative estimate of drug-likeness (QED) is 0.425. The number of nitrogens with zero attached hydrogens (tertiary/aromatic N) is 1. The van der Waals surface area contributed by atoms with E-state index in [1.807, 2.05) is 66.7 Å². The van der Waals surface area contributed by atoms with Crippen LogP contribution in [0.3, 0.4) is 0 Å². The first-order valence-corrected chi connectivity index (χ1v) is 10.0. The summed E-state index contributed by atoms with van der Waals surface area (Å²) in [6.45, 7) is 0.969. The summed E-state index contributed by atoms with van der Waals surface area (Å²) in [5.74, 6) is -0.212. The molecule has 3 aromatic rings. The Labute approximate surface area is 206 Å². The van der Waals surface area contributed by atoms with Gasteiger partial charge in [-0.3, -0.25) is 9.78 Å². The van der Waals surface area contributed by atoms with Crippen molar-refractivity contribution in [2.24, 2.45) is 5.73 Å². The number of pyridine rings is 1. The number of carbonyl (C=O) groups is 2. The fourth-order valence-electron chi connectivity index (χ4n) is 2.91. The van der Waals surface area contributed by atoms with Crippen LogP contribution in [0.5, 0.6) is 0 Å². The van der Waals surface area contributed by atoms with Gasteiger partial charge in [0.15, 0.2) is 0 Å². The van der Waals surface area contributed by atoms with E-state index in [2.05, 4.69) is 15.6 Å². The standard InChI is InChI=1S/C24H26N4O3.2ClH/c25-22(13-21-7-4-12-26-14-21)23(29)27-15-18-8-10-19(11-9-18)16-28-24(30)31-17-20-5-2-1-3-6-20;;/h1-12,14,22H,13,15-17,25H2,(H,27,29)(H,28,30);2*1H. The zero-order valence-electron chi connectivity index (χ0n) is 18.0.